The van der Waals surface area contributed by atoms with Crippen LogP contribution >= 0.6 is 0 Å². The van der Waals surface area contributed by atoms with Crippen molar-refractivity contribution in [1.82, 2.24) is 0 Å². The lowest BCUT2D eigenvalue weighted by molar-refractivity contribution is -0.127. The molecule has 3 heterocycles. The van der Waals surface area contributed by atoms with Crippen LogP contribution in [0.5, 0.6) is 23.0 Å². The topological polar surface area (TPSA) is 55.4 Å². The Morgan fingerprint density at radius 1 is 0.821 bits per heavy atom. The van der Waals surface area contributed by atoms with E-state index < -0.39 is 0 Å². The average Bonchev–Trinajstić information content (AvgIpc) is 3.43. The van der Waals surface area contributed by atoms with Crippen LogP contribution in [0.2, 0.25) is 0 Å². The molecule has 0 saturated carbocycles. The molecule has 3 aliphatic heterocycles. The van der Waals surface area contributed by atoms with Crippen molar-refractivity contribution in [3.63, 3.8) is 0 Å². The molecule has 148 valence electrons. The Kier molecular flexibility index (Phi) is 4.74. The van der Waals surface area contributed by atoms with Gasteiger partial charge in [-0.05, 0) is 61.1 Å². The molecule has 3 unspecified atom stereocenters. The van der Waals surface area contributed by atoms with Crippen LogP contribution < -0.4 is 18.9 Å². The van der Waals surface area contributed by atoms with E-state index in [1.54, 1.807) is 0 Å². The Hall–Kier alpha value is -2.44. The molecule has 6 heteroatoms. The van der Waals surface area contributed by atoms with Crippen molar-refractivity contribution < 1.29 is 28.4 Å². The third-order valence-electron chi connectivity index (χ3n) is 5.60. The minimum Gasteiger partial charge on any atom is -0.454 e. The molecule has 1 saturated heterocycles. The van der Waals surface area contributed by atoms with E-state index in [1.807, 2.05) is 19.1 Å². The molecule has 0 aromatic heterocycles. The standard InChI is InChI=1S/C22H24O6/c1-2-23-22-17(8-15-4-6-19-21(10-15)28-13-26-19)16(11-24-22)7-14-3-5-18-20(9-14)27-12-25-18/h3-6,9-10,16-17,22H,2,7-8,11-13H2,1H3. The van der Waals surface area contributed by atoms with Crippen molar-refractivity contribution in [3.05, 3.63) is 47.5 Å². The molecule has 0 N–H and O–H groups in total. The first-order valence-corrected chi connectivity index (χ1v) is 9.80. The molecule has 28 heavy (non-hydrogen) atoms. The zero-order valence-electron chi connectivity index (χ0n) is 15.9. The molecule has 3 atom stereocenters. The Bertz CT molecular complexity index is 851. The third kappa shape index (κ3) is 3.38. The van der Waals surface area contributed by atoms with Gasteiger partial charge in [0.25, 0.3) is 0 Å². The van der Waals surface area contributed by atoms with E-state index in [4.69, 9.17) is 28.4 Å². The monoisotopic (exact) mass is 384 g/mol. The van der Waals surface area contributed by atoms with Crippen molar-refractivity contribution >= 4 is 0 Å². The summed E-state index contributed by atoms with van der Waals surface area (Å²) in [4.78, 5) is 0. The van der Waals surface area contributed by atoms with E-state index in [0.717, 1.165) is 35.8 Å². The highest BCUT2D eigenvalue weighted by Crippen LogP contribution is 2.39. The largest absolute Gasteiger partial charge is 0.454 e. The van der Waals surface area contributed by atoms with Gasteiger partial charge in [-0.25, -0.2) is 0 Å². The number of benzene rings is 2. The minimum atomic E-state index is -0.186. The van der Waals surface area contributed by atoms with E-state index >= 15 is 0 Å². The maximum atomic E-state index is 6.01. The molecule has 3 aliphatic rings. The van der Waals surface area contributed by atoms with Crippen molar-refractivity contribution in [2.75, 3.05) is 26.8 Å². The zero-order chi connectivity index (χ0) is 18.9. The summed E-state index contributed by atoms with van der Waals surface area (Å²) in [7, 11) is 0. The summed E-state index contributed by atoms with van der Waals surface area (Å²) in [6.07, 6.45) is 1.60. The Labute approximate surface area is 164 Å². The van der Waals surface area contributed by atoms with Crippen LogP contribution in [0.25, 0.3) is 0 Å². The van der Waals surface area contributed by atoms with Crippen molar-refractivity contribution in [3.8, 4) is 23.0 Å². The van der Waals surface area contributed by atoms with E-state index in [-0.39, 0.29) is 12.2 Å². The first-order valence-electron chi connectivity index (χ1n) is 9.80. The van der Waals surface area contributed by atoms with E-state index in [9.17, 15) is 0 Å². The fraction of sp³-hybridized carbons (Fsp3) is 0.455. The molecule has 0 bridgehead atoms. The first kappa shape index (κ1) is 17.6. The van der Waals surface area contributed by atoms with Gasteiger partial charge >= 0.3 is 0 Å². The van der Waals surface area contributed by atoms with Crippen molar-refractivity contribution in [2.45, 2.75) is 26.1 Å². The van der Waals surface area contributed by atoms with Crippen LogP contribution in [0, 0.1) is 11.8 Å². The molecule has 5 rings (SSSR count). The maximum Gasteiger partial charge on any atom is 0.231 e. The number of hydrogen-bond donors (Lipinski definition) is 0. The van der Waals surface area contributed by atoms with Gasteiger partial charge in [0.15, 0.2) is 29.3 Å². The normalized spacial score (nSPS) is 24.7. The fourth-order valence-electron chi connectivity index (χ4n) is 4.21. The van der Waals surface area contributed by atoms with E-state index in [1.165, 1.54) is 11.1 Å². The van der Waals surface area contributed by atoms with Crippen LogP contribution in [-0.2, 0) is 22.3 Å². The fourth-order valence-corrected chi connectivity index (χ4v) is 4.21. The molecule has 2 aromatic rings. The van der Waals surface area contributed by atoms with Gasteiger partial charge in [0, 0.05) is 12.5 Å². The van der Waals surface area contributed by atoms with Gasteiger partial charge in [0.2, 0.25) is 13.6 Å². The quantitative estimate of drug-likeness (QED) is 0.759. The summed E-state index contributed by atoms with van der Waals surface area (Å²) in [6, 6.07) is 12.3. The molecule has 0 amide bonds. The summed E-state index contributed by atoms with van der Waals surface area (Å²) in [5.41, 5.74) is 2.44. The molecular formula is C22H24O6. The molecule has 0 radical (unpaired) electrons. The third-order valence-corrected chi connectivity index (χ3v) is 5.60. The second-order valence-electron chi connectivity index (χ2n) is 7.36. The first-order chi connectivity index (χ1) is 13.8. The minimum absolute atomic E-state index is 0.186. The van der Waals surface area contributed by atoms with Crippen LogP contribution in [0.1, 0.15) is 18.1 Å². The Morgan fingerprint density at radius 2 is 1.43 bits per heavy atom. The van der Waals surface area contributed by atoms with Gasteiger partial charge in [0.1, 0.15) is 0 Å². The van der Waals surface area contributed by atoms with Crippen molar-refractivity contribution in [1.29, 1.82) is 0 Å². The smallest absolute Gasteiger partial charge is 0.231 e. The Balaban J connectivity index is 1.34. The highest BCUT2D eigenvalue weighted by Gasteiger charge is 2.38. The highest BCUT2D eigenvalue weighted by molar-refractivity contribution is 5.45. The predicted molar refractivity (Wildman–Crippen MR) is 101 cm³/mol. The lowest BCUT2D eigenvalue weighted by Crippen LogP contribution is -2.26. The molecule has 1 fully saturated rings. The van der Waals surface area contributed by atoms with Crippen LogP contribution in [-0.4, -0.2) is 33.1 Å². The zero-order valence-corrected chi connectivity index (χ0v) is 15.9. The summed E-state index contributed by atoms with van der Waals surface area (Å²) in [5, 5.41) is 0. The predicted octanol–water partition coefficient (Wildman–Crippen LogP) is 3.55. The van der Waals surface area contributed by atoms with Gasteiger partial charge in [-0.3, -0.25) is 0 Å². The molecule has 0 aliphatic carbocycles. The second-order valence-corrected chi connectivity index (χ2v) is 7.36. The second kappa shape index (κ2) is 7.53. The maximum absolute atomic E-state index is 6.01. The Morgan fingerprint density at radius 3 is 2.07 bits per heavy atom. The van der Waals surface area contributed by atoms with Gasteiger partial charge in [0.05, 0.1) is 6.61 Å². The number of rotatable bonds is 6. The number of fused-ring (bicyclic) bond motifs is 2. The summed E-state index contributed by atoms with van der Waals surface area (Å²) < 4.78 is 33.8. The van der Waals surface area contributed by atoms with Gasteiger partial charge in [-0.15, -0.1) is 0 Å². The molecular weight excluding hydrogens is 360 g/mol. The van der Waals surface area contributed by atoms with Gasteiger partial charge in [-0.1, -0.05) is 12.1 Å². The lowest BCUT2D eigenvalue weighted by atomic mass is 9.84. The van der Waals surface area contributed by atoms with E-state index in [0.29, 0.717) is 32.7 Å². The molecule has 0 spiro atoms. The SMILES string of the molecule is CCOC1OCC(Cc2ccc3c(c2)OCO3)C1Cc1ccc2c(c1)OCO2. The highest BCUT2D eigenvalue weighted by atomic mass is 16.7. The lowest BCUT2D eigenvalue weighted by Gasteiger charge is -2.23. The summed E-state index contributed by atoms with van der Waals surface area (Å²) in [5.74, 6) is 3.90. The van der Waals surface area contributed by atoms with Crippen LogP contribution in [0.3, 0.4) is 0 Å². The molecule has 2 aromatic carbocycles. The van der Waals surface area contributed by atoms with Crippen LogP contribution in [0.15, 0.2) is 36.4 Å². The van der Waals surface area contributed by atoms with Gasteiger partial charge in [-0.2, -0.15) is 0 Å². The molecule has 6 nitrogen and oxygen atoms in total. The van der Waals surface area contributed by atoms with Crippen LogP contribution in [0.4, 0.5) is 0 Å². The number of ether oxygens (including phenoxy) is 6. The van der Waals surface area contributed by atoms with Gasteiger partial charge < -0.3 is 28.4 Å². The average molecular weight is 384 g/mol. The number of hydrogen-bond acceptors (Lipinski definition) is 6. The summed E-state index contributed by atoms with van der Waals surface area (Å²) >= 11 is 0. The van der Waals surface area contributed by atoms with Crippen molar-refractivity contribution in [2.24, 2.45) is 11.8 Å². The summed E-state index contributed by atoms with van der Waals surface area (Å²) in [6.45, 7) is 3.92. The van der Waals surface area contributed by atoms with E-state index in [2.05, 4.69) is 24.3 Å².